The summed E-state index contributed by atoms with van der Waals surface area (Å²) in [5, 5.41) is 11.0. The summed E-state index contributed by atoms with van der Waals surface area (Å²) >= 11 is 1.31. The van der Waals surface area contributed by atoms with Crippen molar-refractivity contribution in [1.29, 1.82) is 0 Å². The Morgan fingerprint density at radius 1 is 1.03 bits per heavy atom. The van der Waals surface area contributed by atoms with Gasteiger partial charge in [0.2, 0.25) is 5.13 Å². The quantitative estimate of drug-likeness (QED) is 0.356. The molecule has 6 rings (SSSR count). The van der Waals surface area contributed by atoms with Gasteiger partial charge in [-0.15, -0.1) is 10.2 Å². The molecule has 1 N–H and O–H groups in total. The Bertz CT molecular complexity index is 1290. The number of ether oxygens (including phenoxy) is 1. The van der Waals surface area contributed by atoms with Crippen molar-refractivity contribution in [3.05, 3.63) is 101 Å². The van der Waals surface area contributed by atoms with Gasteiger partial charge in [0.15, 0.2) is 0 Å². The Morgan fingerprint density at radius 2 is 1.83 bits per heavy atom. The molecule has 2 bridgehead atoms. The molecule has 0 unspecified atom stereocenters. The molecule has 2 saturated carbocycles. The minimum atomic E-state index is -0.162. The highest BCUT2D eigenvalue weighted by Crippen LogP contribution is 2.60. The first-order valence-electron chi connectivity index (χ1n) is 12.0. The van der Waals surface area contributed by atoms with E-state index in [0.29, 0.717) is 23.2 Å². The van der Waals surface area contributed by atoms with Crippen LogP contribution < -0.4 is 10.1 Å². The molecule has 6 nitrogen and oxygen atoms in total. The number of benzene rings is 2. The standard InChI is InChI=1S/C28H26N4O2S/c33-26(31-27-32-30-18-35-27)20-5-8-21(9-6-20)28(16-19-4-7-23(28)15-19)22-10-12-25(13-11-22)34-17-24-3-1-2-14-29-24/h1-3,5-6,8-14,18-19,23H,4,7,15-17H2,(H,31,32,33)/t19-,23+,28+/m1/s1. The lowest BCUT2D eigenvalue weighted by molar-refractivity contribution is 0.102. The Kier molecular flexibility index (Phi) is 5.78. The number of carbonyl (C=O) groups is 1. The number of nitrogens with zero attached hydrogens (tertiary/aromatic N) is 3. The second-order valence-corrected chi connectivity index (χ2v) is 10.3. The van der Waals surface area contributed by atoms with E-state index in [9.17, 15) is 4.79 Å². The van der Waals surface area contributed by atoms with Crippen LogP contribution in [-0.4, -0.2) is 21.1 Å². The van der Waals surface area contributed by atoms with Crippen molar-refractivity contribution < 1.29 is 9.53 Å². The molecule has 2 aliphatic carbocycles. The van der Waals surface area contributed by atoms with Crippen molar-refractivity contribution in [1.82, 2.24) is 15.2 Å². The molecule has 0 radical (unpaired) electrons. The molecule has 7 heteroatoms. The van der Waals surface area contributed by atoms with Gasteiger partial charge in [-0.2, -0.15) is 0 Å². The van der Waals surface area contributed by atoms with E-state index < -0.39 is 0 Å². The maximum absolute atomic E-state index is 12.6. The summed E-state index contributed by atoms with van der Waals surface area (Å²) in [7, 11) is 0. The minimum Gasteiger partial charge on any atom is -0.487 e. The zero-order valence-electron chi connectivity index (χ0n) is 19.3. The summed E-state index contributed by atoms with van der Waals surface area (Å²) in [6.45, 7) is 0.455. The van der Waals surface area contributed by atoms with Crippen molar-refractivity contribution in [3.8, 4) is 5.75 Å². The van der Waals surface area contributed by atoms with E-state index >= 15 is 0 Å². The maximum atomic E-state index is 12.6. The lowest BCUT2D eigenvalue weighted by Gasteiger charge is -2.39. The Hall–Kier alpha value is -3.58. The summed E-state index contributed by atoms with van der Waals surface area (Å²) in [5.74, 6) is 2.07. The van der Waals surface area contributed by atoms with Crippen LogP contribution in [0.1, 0.15) is 52.9 Å². The predicted octanol–water partition coefficient (Wildman–Crippen LogP) is 5.87. The number of nitrogens with one attached hydrogen (secondary N) is 1. The fourth-order valence-electron chi connectivity index (χ4n) is 6.01. The molecule has 0 saturated heterocycles. The molecule has 4 aromatic rings. The smallest absolute Gasteiger partial charge is 0.257 e. The lowest BCUT2D eigenvalue weighted by atomic mass is 9.64. The van der Waals surface area contributed by atoms with Gasteiger partial charge in [0.25, 0.3) is 5.91 Å². The van der Waals surface area contributed by atoms with Gasteiger partial charge in [-0.1, -0.05) is 48.1 Å². The molecule has 176 valence electrons. The average Bonchev–Trinajstić information content (AvgIpc) is 3.67. The highest BCUT2D eigenvalue weighted by atomic mass is 32.1. The van der Waals surface area contributed by atoms with Gasteiger partial charge in [-0.05, 0) is 78.6 Å². The molecule has 35 heavy (non-hydrogen) atoms. The van der Waals surface area contributed by atoms with Crippen LogP contribution in [0.2, 0.25) is 0 Å². The molecule has 0 aliphatic heterocycles. The second kappa shape index (κ2) is 9.23. The SMILES string of the molecule is O=C(Nc1nncs1)c1ccc([C@]2(c3ccc(OCc4ccccn4)cc3)C[C@@H]3CC[C@H]2C3)cc1. The van der Waals surface area contributed by atoms with Crippen LogP contribution in [0.4, 0.5) is 5.13 Å². The molecule has 2 aliphatic rings. The van der Waals surface area contributed by atoms with Gasteiger partial charge in [-0.25, -0.2) is 0 Å². The second-order valence-electron chi connectivity index (χ2n) is 9.46. The fraction of sp³-hybridized carbons (Fsp3) is 0.286. The first-order valence-corrected chi connectivity index (χ1v) is 12.9. The van der Waals surface area contributed by atoms with Crippen LogP contribution in [0.15, 0.2) is 78.4 Å². The number of fused-ring (bicyclic) bond motifs is 2. The van der Waals surface area contributed by atoms with Crippen molar-refractivity contribution in [2.75, 3.05) is 5.32 Å². The summed E-state index contributed by atoms with van der Waals surface area (Å²) in [5.41, 5.74) is 5.75. The topological polar surface area (TPSA) is 77.0 Å². The molecule has 2 aromatic heterocycles. The van der Waals surface area contributed by atoms with Gasteiger partial charge in [0, 0.05) is 17.2 Å². The van der Waals surface area contributed by atoms with Crippen LogP contribution in [0.5, 0.6) is 5.75 Å². The maximum Gasteiger partial charge on any atom is 0.257 e. The van der Waals surface area contributed by atoms with E-state index in [0.717, 1.165) is 23.8 Å². The first kappa shape index (κ1) is 21.9. The number of amides is 1. The monoisotopic (exact) mass is 482 g/mol. The van der Waals surface area contributed by atoms with Gasteiger partial charge >= 0.3 is 0 Å². The number of hydrogen-bond donors (Lipinski definition) is 1. The normalized spacial score (nSPS) is 22.7. The van der Waals surface area contributed by atoms with Crippen molar-refractivity contribution in [2.24, 2.45) is 11.8 Å². The Morgan fingerprint density at radius 3 is 2.46 bits per heavy atom. The molecule has 2 aromatic carbocycles. The number of carbonyl (C=O) groups excluding carboxylic acids is 1. The fourth-order valence-corrected chi connectivity index (χ4v) is 6.45. The predicted molar refractivity (Wildman–Crippen MR) is 136 cm³/mol. The third kappa shape index (κ3) is 4.21. The average molecular weight is 483 g/mol. The molecular weight excluding hydrogens is 456 g/mol. The minimum absolute atomic E-state index is 0.0172. The molecular formula is C28H26N4O2S. The van der Waals surface area contributed by atoms with Crippen molar-refractivity contribution in [3.63, 3.8) is 0 Å². The van der Waals surface area contributed by atoms with E-state index in [1.807, 2.05) is 30.3 Å². The third-order valence-electron chi connectivity index (χ3n) is 7.57. The summed E-state index contributed by atoms with van der Waals surface area (Å²) in [6, 6.07) is 22.6. The summed E-state index contributed by atoms with van der Waals surface area (Å²) in [6.07, 6.45) is 6.78. The highest BCUT2D eigenvalue weighted by molar-refractivity contribution is 7.13. The molecule has 3 atom stereocenters. The van der Waals surface area contributed by atoms with Crippen LogP contribution >= 0.6 is 11.3 Å². The van der Waals surface area contributed by atoms with Crippen LogP contribution in [0, 0.1) is 11.8 Å². The number of aromatic nitrogens is 3. The summed E-state index contributed by atoms with van der Waals surface area (Å²) in [4.78, 5) is 17.0. The van der Waals surface area contributed by atoms with E-state index in [1.165, 1.54) is 41.7 Å². The van der Waals surface area contributed by atoms with E-state index in [2.05, 4.69) is 56.9 Å². The highest BCUT2D eigenvalue weighted by Gasteiger charge is 2.52. The summed E-state index contributed by atoms with van der Waals surface area (Å²) < 4.78 is 5.98. The van der Waals surface area contributed by atoms with Gasteiger partial charge in [-0.3, -0.25) is 15.1 Å². The van der Waals surface area contributed by atoms with E-state index in [1.54, 1.807) is 11.7 Å². The van der Waals surface area contributed by atoms with E-state index in [4.69, 9.17) is 4.74 Å². The third-order valence-corrected chi connectivity index (χ3v) is 8.18. The number of rotatable bonds is 7. The van der Waals surface area contributed by atoms with Crippen LogP contribution in [-0.2, 0) is 12.0 Å². The van der Waals surface area contributed by atoms with Crippen LogP contribution in [0.25, 0.3) is 0 Å². The van der Waals surface area contributed by atoms with Crippen molar-refractivity contribution >= 4 is 22.4 Å². The lowest BCUT2D eigenvalue weighted by Crippen LogP contribution is -2.34. The van der Waals surface area contributed by atoms with Crippen molar-refractivity contribution in [2.45, 2.75) is 37.7 Å². The molecule has 1 amide bonds. The van der Waals surface area contributed by atoms with E-state index in [-0.39, 0.29) is 11.3 Å². The van der Waals surface area contributed by atoms with Gasteiger partial charge in [0.05, 0.1) is 5.69 Å². The van der Waals surface area contributed by atoms with Gasteiger partial charge < -0.3 is 4.74 Å². The molecule has 2 fully saturated rings. The Labute approximate surface area is 208 Å². The largest absolute Gasteiger partial charge is 0.487 e. The number of pyridine rings is 1. The number of anilines is 1. The number of hydrogen-bond acceptors (Lipinski definition) is 6. The Balaban J connectivity index is 1.24. The van der Waals surface area contributed by atoms with Crippen LogP contribution in [0.3, 0.4) is 0 Å². The molecule has 2 heterocycles. The molecule has 0 spiro atoms. The van der Waals surface area contributed by atoms with Gasteiger partial charge in [0.1, 0.15) is 17.9 Å². The first-order chi connectivity index (χ1) is 17.2. The zero-order valence-corrected chi connectivity index (χ0v) is 20.1. The zero-order chi connectivity index (χ0) is 23.7.